The predicted molar refractivity (Wildman–Crippen MR) is 64.3 cm³/mol. The maximum atomic E-state index is 12.2. The minimum atomic E-state index is -0.195. The van der Waals surface area contributed by atoms with Crippen LogP contribution in [0.4, 0.5) is 0 Å². The van der Waals surface area contributed by atoms with Crippen molar-refractivity contribution in [3.8, 4) is 5.75 Å². The molecule has 0 aliphatic carbocycles. The number of rotatable bonds is 3. The number of aromatic nitrogens is 1. The van der Waals surface area contributed by atoms with Crippen LogP contribution in [0.25, 0.3) is 0 Å². The average molecular weight is 249 g/mol. The van der Waals surface area contributed by atoms with Gasteiger partial charge in [-0.1, -0.05) is 0 Å². The third-order valence-electron chi connectivity index (χ3n) is 2.60. The normalized spacial score (nSPS) is 15.2. The number of nitrogens with zero attached hydrogens (tertiary/aromatic N) is 2. The highest BCUT2D eigenvalue weighted by atomic mass is 16.5. The first-order valence-electron chi connectivity index (χ1n) is 5.84. The van der Waals surface area contributed by atoms with E-state index >= 15 is 0 Å². The fraction of sp³-hybridized carbons (Fsp3) is 0.417. The minimum absolute atomic E-state index is 0.0949. The monoisotopic (exact) mass is 249 g/mol. The van der Waals surface area contributed by atoms with Gasteiger partial charge in [0.1, 0.15) is 5.75 Å². The van der Waals surface area contributed by atoms with E-state index in [1.165, 1.54) is 11.1 Å². The third kappa shape index (κ3) is 2.77. The van der Waals surface area contributed by atoms with E-state index in [1.807, 2.05) is 6.92 Å². The Morgan fingerprint density at radius 1 is 1.56 bits per heavy atom. The van der Waals surface area contributed by atoms with Crippen LogP contribution in [0.3, 0.4) is 0 Å². The van der Waals surface area contributed by atoms with Gasteiger partial charge in [0.2, 0.25) is 5.91 Å². The lowest BCUT2D eigenvalue weighted by Gasteiger charge is -2.26. The van der Waals surface area contributed by atoms with Crippen LogP contribution in [0.15, 0.2) is 18.5 Å². The molecular weight excluding hydrogens is 234 g/mol. The van der Waals surface area contributed by atoms with Crippen molar-refractivity contribution in [1.29, 1.82) is 0 Å². The molecule has 18 heavy (non-hydrogen) atoms. The van der Waals surface area contributed by atoms with E-state index in [4.69, 9.17) is 4.74 Å². The summed E-state index contributed by atoms with van der Waals surface area (Å²) in [6.07, 6.45) is 3.04. The van der Waals surface area contributed by atoms with Crippen LogP contribution in [0.5, 0.6) is 5.75 Å². The van der Waals surface area contributed by atoms with Gasteiger partial charge in [-0.05, 0) is 13.0 Å². The van der Waals surface area contributed by atoms with E-state index in [0.717, 1.165) is 0 Å². The quantitative estimate of drug-likeness (QED) is 0.821. The number of hydrogen-bond acceptors (Lipinski definition) is 4. The van der Waals surface area contributed by atoms with Crippen molar-refractivity contribution >= 4 is 11.8 Å². The van der Waals surface area contributed by atoms with Gasteiger partial charge in [0, 0.05) is 19.3 Å². The summed E-state index contributed by atoms with van der Waals surface area (Å²) in [5.41, 5.74) is 0.440. The lowest BCUT2D eigenvalue weighted by molar-refractivity contribution is -0.123. The summed E-state index contributed by atoms with van der Waals surface area (Å²) in [5.74, 6) is 0.229. The van der Waals surface area contributed by atoms with Gasteiger partial charge in [0.05, 0.1) is 24.9 Å². The Hall–Kier alpha value is -2.11. The Kier molecular flexibility index (Phi) is 3.76. The highest BCUT2D eigenvalue weighted by Gasteiger charge is 2.22. The van der Waals surface area contributed by atoms with E-state index in [1.54, 1.807) is 12.3 Å². The molecule has 1 aromatic heterocycles. The molecule has 6 heteroatoms. The highest BCUT2D eigenvalue weighted by molar-refractivity contribution is 5.97. The van der Waals surface area contributed by atoms with Crippen LogP contribution in [0, 0.1) is 0 Å². The summed E-state index contributed by atoms with van der Waals surface area (Å²) in [5, 5.41) is 2.68. The maximum absolute atomic E-state index is 12.2. The zero-order valence-corrected chi connectivity index (χ0v) is 10.2. The second kappa shape index (κ2) is 5.48. The second-order valence-electron chi connectivity index (χ2n) is 3.92. The molecule has 2 amide bonds. The van der Waals surface area contributed by atoms with Crippen LogP contribution < -0.4 is 10.1 Å². The molecule has 1 aliphatic heterocycles. The minimum Gasteiger partial charge on any atom is -0.492 e. The highest BCUT2D eigenvalue weighted by Crippen LogP contribution is 2.13. The lowest BCUT2D eigenvalue weighted by Crippen LogP contribution is -2.49. The first kappa shape index (κ1) is 12.3. The zero-order chi connectivity index (χ0) is 13.0. The van der Waals surface area contributed by atoms with Crippen LogP contribution in [-0.2, 0) is 4.79 Å². The number of ether oxygens (including phenoxy) is 1. The van der Waals surface area contributed by atoms with Gasteiger partial charge in [-0.3, -0.25) is 14.6 Å². The molecule has 1 aromatic rings. The van der Waals surface area contributed by atoms with Crippen LogP contribution >= 0.6 is 0 Å². The molecule has 0 spiro atoms. The Balaban J connectivity index is 2.12. The molecule has 6 nitrogen and oxygen atoms in total. The number of piperazine rings is 1. The van der Waals surface area contributed by atoms with Crippen LogP contribution in [0.2, 0.25) is 0 Å². The van der Waals surface area contributed by atoms with Gasteiger partial charge in [0.15, 0.2) is 0 Å². The number of carbonyl (C=O) groups is 2. The van der Waals surface area contributed by atoms with Gasteiger partial charge in [-0.25, -0.2) is 0 Å². The van der Waals surface area contributed by atoms with Crippen molar-refractivity contribution < 1.29 is 14.3 Å². The van der Waals surface area contributed by atoms with Gasteiger partial charge in [0.25, 0.3) is 5.91 Å². The molecule has 0 bridgehead atoms. The van der Waals surface area contributed by atoms with Gasteiger partial charge in [-0.15, -0.1) is 0 Å². The average Bonchev–Trinajstić information content (AvgIpc) is 2.39. The van der Waals surface area contributed by atoms with E-state index < -0.39 is 0 Å². The molecule has 1 saturated heterocycles. The first-order valence-corrected chi connectivity index (χ1v) is 5.84. The number of carbonyl (C=O) groups excluding carboxylic acids is 2. The number of pyridine rings is 1. The first-order chi connectivity index (χ1) is 8.70. The van der Waals surface area contributed by atoms with Crippen molar-refractivity contribution in [1.82, 2.24) is 15.2 Å². The van der Waals surface area contributed by atoms with Crippen molar-refractivity contribution in [2.45, 2.75) is 6.92 Å². The molecule has 0 atom stereocenters. The van der Waals surface area contributed by atoms with Crippen molar-refractivity contribution in [3.05, 3.63) is 24.0 Å². The Morgan fingerprint density at radius 3 is 3.11 bits per heavy atom. The van der Waals surface area contributed by atoms with Crippen molar-refractivity contribution in [3.63, 3.8) is 0 Å². The zero-order valence-electron chi connectivity index (χ0n) is 10.2. The predicted octanol–water partition coefficient (Wildman–Crippen LogP) is 0.0523. The summed E-state index contributed by atoms with van der Waals surface area (Å²) in [4.78, 5) is 28.9. The van der Waals surface area contributed by atoms with E-state index in [2.05, 4.69) is 10.3 Å². The Bertz CT molecular complexity index is 462. The van der Waals surface area contributed by atoms with E-state index in [9.17, 15) is 9.59 Å². The molecule has 0 unspecified atom stereocenters. The molecule has 2 rings (SSSR count). The molecule has 1 aliphatic rings. The molecule has 2 heterocycles. The van der Waals surface area contributed by atoms with Crippen LogP contribution in [-0.4, -0.2) is 47.9 Å². The van der Waals surface area contributed by atoms with Gasteiger partial charge < -0.3 is 15.0 Å². The number of hydrogen-bond donors (Lipinski definition) is 1. The number of amides is 2. The van der Waals surface area contributed by atoms with Crippen molar-refractivity contribution in [2.24, 2.45) is 0 Å². The molecule has 1 N–H and O–H groups in total. The summed E-state index contributed by atoms with van der Waals surface area (Å²) in [7, 11) is 0. The summed E-state index contributed by atoms with van der Waals surface area (Å²) in [6.45, 7) is 3.49. The van der Waals surface area contributed by atoms with E-state index in [0.29, 0.717) is 31.0 Å². The number of nitrogens with one attached hydrogen (secondary N) is 1. The molecular formula is C12H15N3O3. The van der Waals surface area contributed by atoms with Gasteiger partial charge in [-0.2, -0.15) is 0 Å². The molecule has 0 saturated carbocycles. The van der Waals surface area contributed by atoms with Crippen molar-refractivity contribution in [2.75, 3.05) is 26.2 Å². The second-order valence-corrected chi connectivity index (χ2v) is 3.92. The molecule has 0 radical (unpaired) electrons. The van der Waals surface area contributed by atoms with Gasteiger partial charge >= 0.3 is 0 Å². The standard InChI is InChI=1S/C12H15N3O3/c1-2-18-10-5-9(6-13-7-10)12(17)15-4-3-14-11(16)8-15/h5-7H,2-4,8H2,1H3,(H,14,16). The summed E-state index contributed by atoms with van der Waals surface area (Å²) >= 11 is 0. The Labute approximate surface area is 105 Å². The maximum Gasteiger partial charge on any atom is 0.256 e. The van der Waals surface area contributed by atoms with E-state index in [-0.39, 0.29) is 18.4 Å². The summed E-state index contributed by atoms with van der Waals surface area (Å²) in [6, 6.07) is 1.64. The smallest absolute Gasteiger partial charge is 0.256 e. The molecule has 96 valence electrons. The van der Waals surface area contributed by atoms with Crippen LogP contribution in [0.1, 0.15) is 17.3 Å². The Morgan fingerprint density at radius 2 is 2.39 bits per heavy atom. The fourth-order valence-electron chi connectivity index (χ4n) is 1.78. The fourth-order valence-corrected chi connectivity index (χ4v) is 1.78. The lowest BCUT2D eigenvalue weighted by atomic mass is 10.2. The topological polar surface area (TPSA) is 71.5 Å². The largest absolute Gasteiger partial charge is 0.492 e. The third-order valence-corrected chi connectivity index (χ3v) is 2.60. The summed E-state index contributed by atoms with van der Waals surface area (Å²) < 4.78 is 5.29. The molecule has 1 fully saturated rings. The SMILES string of the molecule is CCOc1cncc(C(=O)N2CCNC(=O)C2)c1. The molecule has 0 aromatic carbocycles.